The van der Waals surface area contributed by atoms with Crippen LogP contribution < -0.4 is 0 Å². The van der Waals surface area contributed by atoms with E-state index in [1.54, 1.807) is 0 Å². The van der Waals surface area contributed by atoms with Crippen molar-refractivity contribution >= 4 is 55.1 Å². The van der Waals surface area contributed by atoms with E-state index in [9.17, 15) is 0 Å². The third-order valence-corrected chi connectivity index (χ3v) is 4.21. The highest BCUT2D eigenvalue weighted by atomic mass is 79.9. The lowest BCUT2D eigenvalue weighted by Crippen LogP contribution is -1.95. The van der Waals surface area contributed by atoms with Crippen LogP contribution in [0.2, 0.25) is 0 Å². The molecule has 2 aromatic rings. The first-order valence-electron chi connectivity index (χ1n) is 5.24. The molecule has 0 saturated heterocycles. The molecule has 0 heterocycles. The fourth-order valence-electron chi connectivity index (χ4n) is 1.56. The van der Waals surface area contributed by atoms with Gasteiger partial charge in [0.25, 0.3) is 0 Å². The highest BCUT2D eigenvalue weighted by Gasteiger charge is 2.07. The smallest absolute Gasteiger partial charge is 0.224 e. The van der Waals surface area contributed by atoms with Gasteiger partial charge >= 0.3 is 0 Å². The minimum Gasteiger partial charge on any atom is -0.479 e. The van der Waals surface area contributed by atoms with Crippen molar-refractivity contribution in [1.29, 1.82) is 0 Å². The van der Waals surface area contributed by atoms with Crippen molar-refractivity contribution in [3.8, 4) is 0 Å². The lowest BCUT2D eigenvalue weighted by Gasteiger charge is -2.08. The zero-order valence-electron chi connectivity index (χ0n) is 9.27. The molecular formula is C13H11BrOS2. The van der Waals surface area contributed by atoms with Gasteiger partial charge in [0, 0.05) is 9.37 Å². The number of hydrogen-bond acceptors (Lipinski definition) is 3. The lowest BCUT2D eigenvalue weighted by atomic mass is 10.1. The molecule has 0 atom stereocenters. The van der Waals surface area contributed by atoms with Crippen LogP contribution in [0, 0.1) is 0 Å². The van der Waals surface area contributed by atoms with Gasteiger partial charge in [0.1, 0.15) is 0 Å². The Morgan fingerprint density at radius 2 is 1.94 bits per heavy atom. The van der Waals surface area contributed by atoms with Crippen molar-refractivity contribution < 1.29 is 4.74 Å². The molecule has 0 unspecified atom stereocenters. The molecule has 0 amide bonds. The zero-order chi connectivity index (χ0) is 12.3. The molecule has 0 aliphatic carbocycles. The van der Waals surface area contributed by atoms with E-state index in [0.717, 1.165) is 9.37 Å². The minimum atomic E-state index is 0.569. The highest BCUT2D eigenvalue weighted by molar-refractivity contribution is 9.10. The van der Waals surface area contributed by atoms with Crippen LogP contribution in [0.3, 0.4) is 0 Å². The van der Waals surface area contributed by atoms with E-state index in [4.69, 9.17) is 17.0 Å². The second-order valence-electron chi connectivity index (χ2n) is 3.38. The lowest BCUT2D eigenvalue weighted by molar-refractivity contribution is 0.346. The number of fused-ring (bicyclic) bond motifs is 1. The second kappa shape index (κ2) is 5.85. The van der Waals surface area contributed by atoms with Crippen molar-refractivity contribution in [3.63, 3.8) is 0 Å². The molecule has 0 spiro atoms. The largest absolute Gasteiger partial charge is 0.479 e. The van der Waals surface area contributed by atoms with Crippen LogP contribution in [-0.2, 0) is 4.74 Å². The molecule has 0 aliphatic rings. The number of thioether (sulfide) groups is 1. The van der Waals surface area contributed by atoms with Crippen molar-refractivity contribution in [1.82, 2.24) is 0 Å². The van der Waals surface area contributed by atoms with Gasteiger partial charge in [-0.1, -0.05) is 40.2 Å². The monoisotopic (exact) mass is 326 g/mol. The van der Waals surface area contributed by atoms with E-state index in [1.807, 2.05) is 25.1 Å². The molecule has 0 aromatic heterocycles. The van der Waals surface area contributed by atoms with Crippen LogP contribution in [0.4, 0.5) is 0 Å². The van der Waals surface area contributed by atoms with Crippen molar-refractivity contribution in [2.24, 2.45) is 0 Å². The van der Waals surface area contributed by atoms with Gasteiger partial charge in [0.15, 0.2) is 0 Å². The zero-order valence-corrected chi connectivity index (χ0v) is 12.5. The van der Waals surface area contributed by atoms with E-state index >= 15 is 0 Å². The Kier molecular flexibility index (Phi) is 4.42. The van der Waals surface area contributed by atoms with E-state index in [1.165, 1.54) is 22.5 Å². The van der Waals surface area contributed by atoms with Gasteiger partial charge in [0.05, 0.1) is 6.61 Å². The first-order valence-corrected chi connectivity index (χ1v) is 7.26. The summed E-state index contributed by atoms with van der Waals surface area (Å²) in [6.07, 6.45) is 0. The molecule has 2 aromatic carbocycles. The number of thiocarbonyl (C=S) groups is 1. The van der Waals surface area contributed by atoms with E-state index in [2.05, 4.69) is 34.1 Å². The summed E-state index contributed by atoms with van der Waals surface area (Å²) >= 11 is 10.2. The number of halogens is 1. The predicted molar refractivity (Wildman–Crippen MR) is 81.7 cm³/mol. The van der Waals surface area contributed by atoms with Crippen molar-refractivity contribution in [2.45, 2.75) is 11.8 Å². The van der Waals surface area contributed by atoms with E-state index in [0.29, 0.717) is 11.0 Å². The molecule has 17 heavy (non-hydrogen) atoms. The summed E-state index contributed by atoms with van der Waals surface area (Å²) in [6, 6.07) is 12.3. The predicted octanol–water partition coefficient (Wildman–Crippen LogP) is 5.02. The Labute approximate surface area is 119 Å². The molecule has 0 saturated carbocycles. The molecule has 1 nitrogen and oxygen atoms in total. The topological polar surface area (TPSA) is 9.23 Å². The average molecular weight is 327 g/mol. The Bertz CT molecular complexity index is 554. The van der Waals surface area contributed by atoms with Crippen molar-refractivity contribution in [3.05, 3.63) is 40.9 Å². The fourth-order valence-corrected chi connectivity index (χ4v) is 3.21. The molecule has 88 valence electrons. The summed E-state index contributed by atoms with van der Waals surface area (Å²) < 4.78 is 6.97. The summed E-state index contributed by atoms with van der Waals surface area (Å²) in [4.78, 5) is 1.13. The van der Waals surface area contributed by atoms with Crippen molar-refractivity contribution in [2.75, 3.05) is 6.61 Å². The number of rotatable bonds is 2. The van der Waals surface area contributed by atoms with Gasteiger partial charge < -0.3 is 4.74 Å². The average Bonchev–Trinajstić information content (AvgIpc) is 2.34. The van der Waals surface area contributed by atoms with Crippen LogP contribution >= 0.6 is 39.9 Å². The molecule has 0 bridgehead atoms. The summed E-state index contributed by atoms with van der Waals surface area (Å²) in [5.41, 5.74) is 0. The molecule has 0 fully saturated rings. The fraction of sp³-hybridized carbons (Fsp3) is 0.154. The number of ether oxygens (including phenoxy) is 1. The molecule has 0 N–H and O–H groups in total. The Morgan fingerprint density at radius 1 is 1.24 bits per heavy atom. The highest BCUT2D eigenvalue weighted by Crippen LogP contribution is 2.33. The maximum atomic E-state index is 5.31. The van der Waals surface area contributed by atoms with E-state index < -0.39 is 0 Å². The standard InChI is InChI=1S/C13H11BrOS2/c1-2-15-13(16)17-12-8-7-11(14)9-5-3-4-6-10(9)12/h3-8H,2H2,1H3. The van der Waals surface area contributed by atoms with Gasteiger partial charge in [-0.2, -0.15) is 0 Å². The maximum Gasteiger partial charge on any atom is 0.224 e. The molecular weight excluding hydrogens is 316 g/mol. The first-order chi connectivity index (χ1) is 8.22. The maximum absolute atomic E-state index is 5.31. The summed E-state index contributed by atoms with van der Waals surface area (Å²) in [5, 5.41) is 2.38. The Morgan fingerprint density at radius 3 is 2.65 bits per heavy atom. The molecule has 0 aliphatic heterocycles. The molecule has 4 heteroatoms. The number of hydrogen-bond donors (Lipinski definition) is 0. The number of benzene rings is 2. The quantitative estimate of drug-likeness (QED) is 0.566. The van der Waals surface area contributed by atoms with Crippen LogP contribution in [0.1, 0.15) is 6.92 Å². The van der Waals surface area contributed by atoms with Gasteiger partial charge in [0.2, 0.25) is 4.38 Å². The third-order valence-electron chi connectivity index (χ3n) is 2.29. The van der Waals surface area contributed by atoms with Gasteiger partial charge in [-0.3, -0.25) is 0 Å². The van der Waals surface area contributed by atoms with Crippen LogP contribution in [-0.4, -0.2) is 11.0 Å². The normalized spacial score (nSPS) is 10.5. The summed E-state index contributed by atoms with van der Waals surface area (Å²) in [5.74, 6) is 0. The van der Waals surface area contributed by atoms with Gasteiger partial charge in [-0.05, 0) is 53.8 Å². The van der Waals surface area contributed by atoms with Crippen LogP contribution in [0.15, 0.2) is 45.8 Å². The Balaban J connectivity index is 2.41. The molecule has 0 radical (unpaired) electrons. The van der Waals surface area contributed by atoms with Crippen LogP contribution in [0.25, 0.3) is 10.8 Å². The van der Waals surface area contributed by atoms with Gasteiger partial charge in [-0.15, -0.1) is 0 Å². The second-order valence-corrected chi connectivity index (χ2v) is 5.87. The minimum absolute atomic E-state index is 0.569. The van der Waals surface area contributed by atoms with Gasteiger partial charge in [-0.25, -0.2) is 0 Å². The third kappa shape index (κ3) is 3.00. The van der Waals surface area contributed by atoms with E-state index in [-0.39, 0.29) is 0 Å². The summed E-state index contributed by atoms with van der Waals surface area (Å²) in [7, 11) is 0. The molecule has 2 rings (SSSR count). The first kappa shape index (κ1) is 12.9. The Hall–Kier alpha value is -0.580. The SMILES string of the molecule is CCOC(=S)Sc1ccc(Br)c2ccccc12. The summed E-state index contributed by atoms with van der Waals surface area (Å²) in [6.45, 7) is 2.55. The van der Waals surface area contributed by atoms with Crippen LogP contribution in [0.5, 0.6) is 0 Å².